The highest BCUT2D eigenvalue weighted by molar-refractivity contribution is 7.99. The van der Waals surface area contributed by atoms with Gasteiger partial charge in [0.2, 0.25) is 5.91 Å². The Kier molecular flexibility index (Phi) is 5.34. The van der Waals surface area contributed by atoms with E-state index in [-0.39, 0.29) is 5.91 Å². The van der Waals surface area contributed by atoms with Gasteiger partial charge in [0.05, 0.1) is 12.9 Å². The van der Waals surface area contributed by atoms with E-state index in [4.69, 9.17) is 4.74 Å². The van der Waals surface area contributed by atoms with E-state index in [9.17, 15) is 4.79 Å². The van der Waals surface area contributed by atoms with Crippen molar-refractivity contribution in [3.05, 3.63) is 54.1 Å². The first kappa shape index (κ1) is 18.6. The standard InChI is InChI=1S/C21H22N4O2S/c1-14-3-9-17(10-4-14)25-20(15-5-11-18(27-2)12-6-15)23-24-21(25)28-13-19(26)22-16-7-8-16/h3-6,9-12,16H,7-8,13H2,1-2H3,(H,22,26). The molecule has 1 aliphatic carbocycles. The number of carbonyl (C=O) groups excluding carboxylic acids is 1. The molecule has 1 heterocycles. The number of nitrogens with zero attached hydrogens (tertiary/aromatic N) is 3. The third kappa shape index (κ3) is 4.20. The Balaban J connectivity index is 1.65. The third-order valence-corrected chi connectivity index (χ3v) is 5.48. The Labute approximate surface area is 168 Å². The zero-order valence-corrected chi connectivity index (χ0v) is 16.7. The number of benzene rings is 2. The number of amides is 1. The van der Waals surface area contributed by atoms with Crippen LogP contribution in [0.1, 0.15) is 18.4 Å². The molecule has 3 aromatic rings. The monoisotopic (exact) mass is 394 g/mol. The fourth-order valence-electron chi connectivity index (χ4n) is 2.84. The Hall–Kier alpha value is -2.80. The second-order valence-corrected chi connectivity index (χ2v) is 7.78. The molecular weight excluding hydrogens is 372 g/mol. The molecule has 0 radical (unpaired) electrons. The predicted molar refractivity (Wildman–Crippen MR) is 110 cm³/mol. The van der Waals surface area contributed by atoms with Crippen molar-refractivity contribution in [1.82, 2.24) is 20.1 Å². The molecule has 1 fully saturated rings. The number of thioether (sulfide) groups is 1. The van der Waals surface area contributed by atoms with Crippen LogP contribution >= 0.6 is 11.8 Å². The normalized spacial score (nSPS) is 13.4. The zero-order chi connectivity index (χ0) is 19.5. The fourth-order valence-corrected chi connectivity index (χ4v) is 3.61. The molecule has 7 heteroatoms. The van der Waals surface area contributed by atoms with Gasteiger partial charge in [-0.1, -0.05) is 29.5 Å². The van der Waals surface area contributed by atoms with Crippen LogP contribution in [-0.4, -0.2) is 39.6 Å². The van der Waals surface area contributed by atoms with Gasteiger partial charge < -0.3 is 10.1 Å². The van der Waals surface area contributed by atoms with Crippen molar-refractivity contribution in [2.24, 2.45) is 0 Å². The minimum absolute atomic E-state index is 0.0388. The van der Waals surface area contributed by atoms with Crippen LogP contribution < -0.4 is 10.1 Å². The predicted octanol–water partition coefficient (Wildman–Crippen LogP) is 3.62. The fraction of sp³-hybridized carbons (Fsp3) is 0.286. The van der Waals surface area contributed by atoms with E-state index in [2.05, 4.69) is 34.6 Å². The smallest absolute Gasteiger partial charge is 0.230 e. The van der Waals surface area contributed by atoms with Crippen molar-refractivity contribution in [3.63, 3.8) is 0 Å². The largest absolute Gasteiger partial charge is 0.497 e. The lowest BCUT2D eigenvalue weighted by Crippen LogP contribution is -2.27. The number of methoxy groups -OCH3 is 1. The molecule has 0 saturated heterocycles. The molecule has 6 nitrogen and oxygen atoms in total. The molecule has 0 aliphatic heterocycles. The molecule has 28 heavy (non-hydrogen) atoms. The second kappa shape index (κ2) is 8.06. The van der Waals surface area contributed by atoms with Gasteiger partial charge in [0.25, 0.3) is 0 Å². The molecule has 0 spiro atoms. The Morgan fingerprint density at radius 3 is 2.50 bits per heavy atom. The van der Waals surface area contributed by atoms with Crippen molar-refractivity contribution in [2.75, 3.05) is 12.9 Å². The molecule has 1 aliphatic rings. The molecule has 0 atom stereocenters. The first-order valence-corrected chi connectivity index (χ1v) is 10.2. The van der Waals surface area contributed by atoms with Crippen LogP contribution in [0.15, 0.2) is 53.7 Å². The molecular formula is C21H22N4O2S. The maximum atomic E-state index is 12.1. The first-order valence-electron chi connectivity index (χ1n) is 9.23. The van der Waals surface area contributed by atoms with Crippen molar-refractivity contribution >= 4 is 17.7 Å². The summed E-state index contributed by atoms with van der Waals surface area (Å²) in [5.74, 6) is 1.88. The maximum absolute atomic E-state index is 12.1. The molecule has 0 bridgehead atoms. The average molecular weight is 395 g/mol. The van der Waals surface area contributed by atoms with E-state index in [0.717, 1.165) is 35.7 Å². The van der Waals surface area contributed by atoms with E-state index < -0.39 is 0 Å². The SMILES string of the molecule is COc1ccc(-c2nnc(SCC(=O)NC3CC3)n2-c2ccc(C)cc2)cc1. The summed E-state index contributed by atoms with van der Waals surface area (Å²) in [6.45, 7) is 2.05. The number of carbonyl (C=O) groups is 1. The summed E-state index contributed by atoms with van der Waals surface area (Å²) in [6, 6.07) is 16.3. The van der Waals surface area contributed by atoms with Crippen LogP contribution in [0, 0.1) is 6.92 Å². The maximum Gasteiger partial charge on any atom is 0.230 e. The number of nitrogens with one attached hydrogen (secondary N) is 1. The van der Waals surface area contributed by atoms with Crippen LogP contribution in [-0.2, 0) is 4.79 Å². The molecule has 144 valence electrons. The quantitative estimate of drug-likeness (QED) is 0.620. The Morgan fingerprint density at radius 1 is 1.14 bits per heavy atom. The summed E-state index contributed by atoms with van der Waals surface area (Å²) < 4.78 is 7.24. The molecule has 1 saturated carbocycles. The summed E-state index contributed by atoms with van der Waals surface area (Å²) in [5, 5.41) is 12.5. The number of rotatable bonds is 7. The van der Waals surface area contributed by atoms with E-state index in [1.165, 1.54) is 17.3 Å². The van der Waals surface area contributed by atoms with E-state index >= 15 is 0 Å². The van der Waals surface area contributed by atoms with E-state index in [1.54, 1.807) is 7.11 Å². The minimum Gasteiger partial charge on any atom is -0.497 e. The van der Waals surface area contributed by atoms with Gasteiger partial charge in [0.15, 0.2) is 11.0 Å². The van der Waals surface area contributed by atoms with Crippen molar-refractivity contribution in [1.29, 1.82) is 0 Å². The second-order valence-electron chi connectivity index (χ2n) is 6.84. The van der Waals surface area contributed by atoms with E-state index in [0.29, 0.717) is 17.0 Å². The van der Waals surface area contributed by atoms with Gasteiger partial charge in [-0.2, -0.15) is 0 Å². The Morgan fingerprint density at radius 2 is 1.86 bits per heavy atom. The van der Waals surface area contributed by atoms with Crippen LogP contribution in [0.25, 0.3) is 17.1 Å². The number of hydrogen-bond acceptors (Lipinski definition) is 5. The molecule has 0 unspecified atom stereocenters. The van der Waals surface area contributed by atoms with Gasteiger partial charge in [-0.25, -0.2) is 0 Å². The van der Waals surface area contributed by atoms with Crippen LogP contribution in [0.2, 0.25) is 0 Å². The van der Waals surface area contributed by atoms with Gasteiger partial charge >= 0.3 is 0 Å². The van der Waals surface area contributed by atoms with Gasteiger partial charge in [-0.15, -0.1) is 10.2 Å². The van der Waals surface area contributed by atoms with Crippen LogP contribution in [0.3, 0.4) is 0 Å². The molecule has 4 rings (SSSR count). The highest BCUT2D eigenvalue weighted by Gasteiger charge is 2.24. The summed E-state index contributed by atoms with van der Waals surface area (Å²) in [6.07, 6.45) is 2.16. The van der Waals surface area contributed by atoms with Gasteiger partial charge in [-0.05, 0) is 56.2 Å². The third-order valence-electron chi connectivity index (χ3n) is 4.55. The van der Waals surface area contributed by atoms with Gasteiger partial charge in [0.1, 0.15) is 5.75 Å². The van der Waals surface area contributed by atoms with Crippen LogP contribution in [0.5, 0.6) is 5.75 Å². The first-order chi connectivity index (χ1) is 13.6. The highest BCUT2D eigenvalue weighted by atomic mass is 32.2. The molecule has 1 amide bonds. The average Bonchev–Trinajstić information content (AvgIpc) is 3.43. The number of aromatic nitrogens is 3. The number of ether oxygens (including phenoxy) is 1. The molecule has 2 aromatic carbocycles. The zero-order valence-electron chi connectivity index (χ0n) is 15.9. The van der Waals surface area contributed by atoms with Crippen LogP contribution in [0.4, 0.5) is 0 Å². The lowest BCUT2D eigenvalue weighted by atomic mass is 10.2. The molecule has 1 N–H and O–H groups in total. The molecule has 1 aromatic heterocycles. The minimum atomic E-state index is 0.0388. The van der Waals surface area contributed by atoms with E-state index in [1.807, 2.05) is 41.0 Å². The van der Waals surface area contributed by atoms with Gasteiger partial charge in [0, 0.05) is 17.3 Å². The summed E-state index contributed by atoms with van der Waals surface area (Å²) in [4.78, 5) is 12.1. The van der Waals surface area contributed by atoms with Crippen molar-refractivity contribution in [2.45, 2.75) is 31.0 Å². The number of hydrogen-bond donors (Lipinski definition) is 1. The lowest BCUT2D eigenvalue weighted by molar-refractivity contribution is -0.118. The van der Waals surface area contributed by atoms with Gasteiger partial charge in [-0.3, -0.25) is 9.36 Å². The number of aryl methyl sites for hydroxylation is 1. The summed E-state index contributed by atoms with van der Waals surface area (Å²) >= 11 is 1.40. The lowest BCUT2D eigenvalue weighted by Gasteiger charge is -2.11. The highest BCUT2D eigenvalue weighted by Crippen LogP contribution is 2.29. The topological polar surface area (TPSA) is 69.0 Å². The summed E-state index contributed by atoms with van der Waals surface area (Å²) in [5.41, 5.74) is 3.08. The van der Waals surface area contributed by atoms with Crippen molar-refractivity contribution < 1.29 is 9.53 Å². The Bertz CT molecular complexity index is 963. The van der Waals surface area contributed by atoms with Crippen molar-refractivity contribution in [3.8, 4) is 22.8 Å². The summed E-state index contributed by atoms with van der Waals surface area (Å²) in [7, 11) is 1.64.